The van der Waals surface area contributed by atoms with Gasteiger partial charge in [0.25, 0.3) is 5.91 Å². The molecule has 0 fully saturated rings. The Labute approximate surface area is 156 Å². The van der Waals surface area contributed by atoms with Gasteiger partial charge >= 0.3 is 6.03 Å². The van der Waals surface area contributed by atoms with Gasteiger partial charge in [0.15, 0.2) is 0 Å². The molecule has 0 spiro atoms. The number of carbonyl (C=O) groups excluding carboxylic acids is 2. The van der Waals surface area contributed by atoms with Crippen LogP contribution in [-0.2, 0) is 4.79 Å². The van der Waals surface area contributed by atoms with Gasteiger partial charge in [-0.15, -0.1) is 0 Å². The zero-order chi connectivity index (χ0) is 18.6. The smallest absolute Gasteiger partial charge is 0.323 e. The molecule has 3 aromatic carbocycles. The average molecular weight is 359 g/mol. The number of benzene rings is 3. The van der Waals surface area contributed by atoms with Crippen LogP contribution in [0.1, 0.15) is 11.7 Å². The lowest BCUT2D eigenvalue weighted by Crippen LogP contribution is -2.30. The maximum Gasteiger partial charge on any atom is 0.323 e. The Morgan fingerprint density at radius 3 is 2.26 bits per heavy atom. The monoisotopic (exact) mass is 359 g/mol. The molecule has 134 valence electrons. The Morgan fingerprint density at radius 2 is 1.52 bits per heavy atom. The zero-order valence-electron chi connectivity index (χ0n) is 14.3. The normalized spacial score (nSPS) is 15.1. The molecule has 0 aromatic heterocycles. The number of hydrogen-bond donors (Lipinski definition) is 3. The SMILES string of the molecule is O=C(Nc1ccccc1)Nc1ccc2c(c1)NC(=O)C(c1ccccc1)O2. The number of amides is 3. The van der Waals surface area contributed by atoms with Gasteiger partial charge in [0.1, 0.15) is 5.75 Å². The number of carbonyl (C=O) groups is 2. The fraction of sp³-hybridized carbons (Fsp3) is 0.0476. The maximum absolute atomic E-state index is 12.4. The highest BCUT2D eigenvalue weighted by Gasteiger charge is 2.29. The molecule has 0 saturated heterocycles. The van der Waals surface area contributed by atoms with E-state index in [0.29, 0.717) is 22.8 Å². The van der Waals surface area contributed by atoms with Crippen molar-refractivity contribution in [3.63, 3.8) is 0 Å². The van der Waals surface area contributed by atoms with Crippen molar-refractivity contribution in [1.29, 1.82) is 0 Å². The molecule has 4 rings (SSSR count). The van der Waals surface area contributed by atoms with E-state index in [2.05, 4.69) is 16.0 Å². The summed E-state index contributed by atoms with van der Waals surface area (Å²) < 4.78 is 5.85. The van der Waals surface area contributed by atoms with Crippen LogP contribution < -0.4 is 20.7 Å². The molecule has 3 N–H and O–H groups in total. The van der Waals surface area contributed by atoms with Crippen molar-refractivity contribution in [1.82, 2.24) is 0 Å². The average Bonchev–Trinajstić information content (AvgIpc) is 2.69. The van der Waals surface area contributed by atoms with Gasteiger partial charge in [0.2, 0.25) is 6.10 Å². The van der Waals surface area contributed by atoms with Crippen LogP contribution in [-0.4, -0.2) is 11.9 Å². The number of para-hydroxylation sites is 1. The molecule has 6 heteroatoms. The van der Waals surface area contributed by atoms with Crippen LogP contribution in [0.4, 0.5) is 21.9 Å². The highest BCUT2D eigenvalue weighted by molar-refractivity contribution is 6.02. The molecule has 1 aliphatic heterocycles. The summed E-state index contributed by atoms with van der Waals surface area (Å²) in [4.78, 5) is 24.5. The van der Waals surface area contributed by atoms with Crippen molar-refractivity contribution >= 4 is 29.0 Å². The summed E-state index contributed by atoms with van der Waals surface area (Å²) in [5.74, 6) is 0.303. The van der Waals surface area contributed by atoms with E-state index in [4.69, 9.17) is 4.74 Å². The molecule has 0 bridgehead atoms. The second kappa shape index (κ2) is 7.21. The molecule has 0 saturated carbocycles. The lowest BCUT2D eigenvalue weighted by Gasteiger charge is -2.26. The highest BCUT2D eigenvalue weighted by atomic mass is 16.5. The van der Waals surface area contributed by atoms with Crippen molar-refractivity contribution in [2.24, 2.45) is 0 Å². The predicted octanol–water partition coefficient (Wildman–Crippen LogP) is 4.40. The van der Waals surface area contributed by atoms with Crippen molar-refractivity contribution in [3.8, 4) is 5.75 Å². The first-order chi connectivity index (χ1) is 13.2. The van der Waals surface area contributed by atoms with Gasteiger partial charge in [0, 0.05) is 16.9 Å². The molecule has 3 aromatic rings. The first-order valence-corrected chi connectivity index (χ1v) is 8.48. The van der Waals surface area contributed by atoms with E-state index in [0.717, 1.165) is 5.56 Å². The summed E-state index contributed by atoms with van der Waals surface area (Å²) >= 11 is 0. The minimum Gasteiger partial charge on any atom is -0.474 e. The summed E-state index contributed by atoms with van der Waals surface area (Å²) in [6.45, 7) is 0. The number of rotatable bonds is 3. The van der Waals surface area contributed by atoms with Crippen molar-refractivity contribution in [2.75, 3.05) is 16.0 Å². The molecule has 1 atom stereocenters. The van der Waals surface area contributed by atoms with E-state index in [1.54, 1.807) is 30.3 Å². The van der Waals surface area contributed by atoms with E-state index in [9.17, 15) is 9.59 Å². The van der Waals surface area contributed by atoms with Crippen LogP contribution in [0.15, 0.2) is 78.9 Å². The van der Waals surface area contributed by atoms with E-state index in [1.807, 2.05) is 48.5 Å². The van der Waals surface area contributed by atoms with Gasteiger partial charge in [-0.1, -0.05) is 48.5 Å². The van der Waals surface area contributed by atoms with E-state index < -0.39 is 6.10 Å². The van der Waals surface area contributed by atoms with Crippen molar-refractivity contribution in [2.45, 2.75) is 6.10 Å². The number of nitrogens with one attached hydrogen (secondary N) is 3. The molecular weight excluding hydrogens is 342 g/mol. The summed E-state index contributed by atoms with van der Waals surface area (Å²) in [6.07, 6.45) is -0.695. The number of ether oxygens (including phenoxy) is 1. The first kappa shape index (κ1) is 16.7. The molecule has 0 aliphatic carbocycles. The second-order valence-corrected chi connectivity index (χ2v) is 6.05. The molecule has 3 amide bonds. The molecular formula is C21H17N3O3. The highest BCUT2D eigenvalue weighted by Crippen LogP contribution is 2.36. The molecule has 27 heavy (non-hydrogen) atoms. The molecule has 1 unspecified atom stereocenters. The van der Waals surface area contributed by atoms with Crippen LogP contribution in [0.2, 0.25) is 0 Å². The second-order valence-electron chi connectivity index (χ2n) is 6.05. The Balaban J connectivity index is 1.47. The molecule has 1 aliphatic rings. The molecule has 1 heterocycles. The van der Waals surface area contributed by atoms with Crippen LogP contribution >= 0.6 is 0 Å². The third kappa shape index (κ3) is 3.74. The van der Waals surface area contributed by atoms with Crippen LogP contribution in [0.5, 0.6) is 5.75 Å². The number of fused-ring (bicyclic) bond motifs is 1. The lowest BCUT2D eigenvalue weighted by atomic mass is 10.1. The fourth-order valence-electron chi connectivity index (χ4n) is 2.85. The number of anilines is 3. The quantitative estimate of drug-likeness (QED) is 0.648. The maximum atomic E-state index is 12.4. The van der Waals surface area contributed by atoms with E-state index >= 15 is 0 Å². The minimum atomic E-state index is -0.695. The largest absolute Gasteiger partial charge is 0.474 e. The molecule has 0 radical (unpaired) electrons. The predicted molar refractivity (Wildman–Crippen MR) is 104 cm³/mol. The van der Waals surface area contributed by atoms with Crippen LogP contribution in [0.3, 0.4) is 0 Å². The Morgan fingerprint density at radius 1 is 0.852 bits per heavy atom. The van der Waals surface area contributed by atoms with Crippen molar-refractivity contribution < 1.29 is 14.3 Å². The topological polar surface area (TPSA) is 79.5 Å². The Kier molecular flexibility index (Phi) is 4.45. The van der Waals surface area contributed by atoms with Crippen molar-refractivity contribution in [3.05, 3.63) is 84.4 Å². The zero-order valence-corrected chi connectivity index (χ0v) is 14.3. The van der Waals surface area contributed by atoms with E-state index in [1.165, 1.54) is 0 Å². The Hall–Kier alpha value is -3.80. The summed E-state index contributed by atoms with van der Waals surface area (Å²) in [5, 5.41) is 8.32. The van der Waals surface area contributed by atoms with Crippen LogP contribution in [0, 0.1) is 0 Å². The third-order valence-corrected chi connectivity index (χ3v) is 4.11. The van der Waals surface area contributed by atoms with Gasteiger partial charge in [-0.2, -0.15) is 0 Å². The van der Waals surface area contributed by atoms with Gasteiger partial charge < -0.3 is 20.7 Å². The van der Waals surface area contributed by atoms with Gasteiger partial charge in [-0.3, -0.25) is 4.79 Å². The van der Waals surface area contributed by atoms with Gasteiger partial charge in [-0.25, -0.2) is 4.79 Å². The standard InChI is InChI=1S/C21H17N3O3/c25-20-19(14-7-3-1-4-8-14)27-18-12-11-16(13-17(18)24-20)23-21(26)22-15-9-5-2-6-10-15/h1-13,19H,(H,24,25)(H2,22,23,26). The van der Waals surface area contributed by atoms with Crippen LogP contribution in [0.25, 0.3) is 0 Å². The number of hydrogen-bond acceptors (Lipinski definition) is 3. The first-order valence-electron chi connectivity index (χ1n) is 8.48. The Bertz CT molecular complexity index is 974. The molecule has 6 nitrogen and oxygen atoms in total. The fourth-order valence-corrected chi connectivity index (χ4v) is 2.85. The van der Waals surface area contributed by atoms with Gasteiger partial charge in [0.05, 0.1) is 5.69 Å². The summed E-state index contributed by atoms with van der Waals surface area (Å²) in [5.41, 5.74) is 2.54. The van der Waals surface area contributed by atoms with E-state index in [-0.39, 0.29) is 11.9 Å². The summed E-state index contributed by atoms with van der Waals surface area (Å²) in [6, 6.07) is 23.2. The lowest BCUT2D eigenvalue weighted by molar-refractivity contribution is -0.123. The minimum absolute atomic E-state index is 0.250. The third-order valence-electron chi connectivity index (χ3n) is 4.11. The number of urea groups is 1. The van der Waals surface area contributed by atoms with Gasteiger partial charge in [-0.05, 0) is 30.3 Å². The summed E-state index contributed by atoms with van der Waals surface area (Å²) in [7, 11) is 0.